The molecule has 0 aliphatic heterocycles. The Hall–Kier alpha value is -8.43. The largest absolute Gasteiger partial charge is 0.300 e. The fourth-order valence-electron chi connectivity index (χ4n) is 9.64. The minimum absolute atomic E-state index is 0.448. The van der Waals surface area contributed by atoms with Gasteiger partial charge < -0.3 is 0 Å². The van der Waals surface area contributed by atoms with Crippen LogP contribution in [-0.2, 0) is 5.41 Å². The highest BCUT2D eigenvalue weighted by atomic mass is 15.1. The lowest BCUT2D eigenvalue weighted by Gasteiger charge is -2.30. The molecule has 0 unspecified atom stereocenters. The van der Waals surface area contributed by atoms with Crippen molar-refractivity contribution in [1.29, 1.82) is 0 Å². The number of rotatable bonds is 5. The zero-order chi connectivity index (χ0) is 40.1. The molecule has 0 radical (unpaired) electrons. The average Bonchev–Trinajstić information content (AvgIpc) is 4.10. The molecule has 0 saturated carbocycles. The summed E-state index contributed by atoms with van der Waals surface area (Å²) < 4.78 is 4.06. The van der Waals surface area contributed by atoms with Crippen LogP contribution in [0.3, 0.4) is 0 Å². The number of hydrogen-bond acceptors (Lipinski definition) is 7. The summed E-state index contributed by atoms with van der Waals surface area (Å²) in [7, 11) is 0. The first-order chi connectivity index (χ1) is 30.2. The maximum Gasteiger partial charge on any atom is 0.182 e. The van der Waals surface area contributed by atoms with Crippen LogP contribution in [0.1, 0.15) is 22.3 Å². The Balaban J connectivity index is 0.982. The van der Waals surface area contributed by atoms with Gasteiger partial charge in [-0.1, -0.05) is 84.9 Å². The number of aromatic nitrogens is 9. The van der Waals surface area contributed by atoms with Gasteiger partial charge in [-0.25, -0.2) is 24.9 Å². The summed E-state index contributed by atoms with van der Waals surface area (Å²) in [5.41, 5.74) is 15.1. The van der Waals surface area contributed by atoms with Crippen molar-refractivity contribution in [3.63, 3.8) is 0 Å². The molecule has 0 bridgehead atoms. The molecule has 7 aromatic heterocycles. The zero-order valence-corrected chi connectivity index (χ0v) is 32.4. The van der Waals surface area contributed by atoms with Gasteiger partial charge in [-0.3, -0.25) is 19.1 Å². The van der Waals surface area contributed by atoms with Crippen molar-refractivity contribution < 1.29 is 0 Å². The van der Waals surface area contributed by atoms with Gasteiger partial charge >= 0.3 is 0 Å². The molecule has 4 aromatic carbocycles. The Morgan fingerprint density at radius 1 is 0.377 bits per heavy atom. The van der Waals surface area contributed by atoms with Crippen LogP contribution in [0.2, 0.25) is 0 Å². The number of fused-ring (bicyclic) bond motifs is 12. The SMILES string of the molecule is c1ccc2c(c1)-c1ccccc1C21c2ccccc2-c2ccc(-c3nc(-c4ccc(-n5ccc6cccnc65)cn4)nc(-c4ccc(-n5ccc6cccnc65)cn4)n3)cc21. The van der Waals surface area contributed by atoms with Gasteiger partial charge in [0.05, 0.1) is 29.2 Å². The van der Waals surface area contributed by atoms with Gasteiger partial charge in [0.2, 0.25) is 0 Å². The van der Waals surface area contributed by atoms with E-state index >= 15 is 0 Å². The monoisotopic (exact) mass is 781 g/mol. The fraction of sp³-hybridized carbons (Fsp3) is 0.0192. The molecule has 2 aliphatic rings. The van der Waals surface area contributed by atoms with Gasteiger partial charge in [0.25, 0.3) is 0 Å². The minimum Gasteiger partial charge on any atom is -0.300 e. The molecular formula is C52H31N9. The molecule has 284 valence electrons. The van der Waals surface area contributed by atoms with Crippen molar-refractivity contribution in [1.82, 2.24) is 44.0 Å². The summed E-state index contributed by atoms with van der Waals surface area (Å²) in [5.74, 6) is 1.43. The molecule has 7 heterocycles. The van der Waals surface area contributed by atoms with E-state index < -0.39 is 5.41 Å². The van der Waals surface area contributed by atoms with Crippen LogP contribution in [0.15, 0.2) is 189 Å². The van der Waals surface area contributed by atoms with Crippen molar-refractivity contribution in [2.45, 2.75) is 5.41 Å². The lowest BCUT2D eigenvalue weighted by atomic mass is 9.70. The lowest BCUT2D eigenvalue weighted by Crippen LogP contribution is -2.25. The molecule has 2 aliphatic carbocycles. The summed E-state index contributed by atoms with van der Waals surface area (Å²) in [6, 6.07) is 53.2. The van der Waals surface area contributed by atoms with Crippen LogP contribution >= 0.6 is 0 Å². The summed E-state index contributed by atoms with van der Waals surface area (Å²) in [6.07, 6.45) is 11.3. The summed E-state index contributed by atoms with van der Waals surface area (Å²) in [6.45, 7) is 0. The molecule has 0 atom stereocenters. The van der Waals surface area contributed by atoms with Gasteiger partial charge in [-0.05, 0) is 111 Å². The van der Waals surface area contributed by atoms with E-state index in [9.17, 15) is 0 Å². The third kappa shape index (κ3) is 4.85. The maximum absolute atomic E-state index is 5.17. The van der Waals surface area contributed by atoms with Crippen LogP contribution in [0.4, 0.5) is 0 Å². The Bertz CT molecular complexity index is 3350. The van der Waals surface area contributed by atoms with Crippen LogP contribution in [0, 0.1) is 0 Å². The average molecular weight is 782 g/mol. The number of pyridine rings is 4. The molecule has 0 amide bonds. The van der Waals surface area contributed by atoms with Gasteiger partial charge in [0.1, 0.15) is 22.7 Å². The third-order valence-electron chi connectivity index (χ3n) is 12.3. The standard InChI is InChI=1S/C52H31N9/c1-4-14-41-37(11-1)38-12-2-5-15-42(38)52(41)43-16-6-3-13-39(43)40-20-17-34(29-44(40)52)47-57-48(45-21-18-35(30-55-45)60-27-23-32-9-7-25-53-50(32)60)59-49(58-47)46-22-19-36(31-56-46)61-28-24-33-10-8-26-54-51(33)61/h1-31H. The van der Waals surface area contributed by atoms with E-state index in [1.807, 2.05) is 70.3 Å². The predicted octanol–water partition coefficient (Wildman–Crippen LogP) is 10.7. The molecule has 13 rings (SSSR count). The highest BCUT2D eigenvalue weighted by Gasteiger charge is 2.51. The summed E-state index contributed by atoms with van der Waals surface area (Å²) >= 11 is 0. The first-order valence-electron chi connectivity index (χ1n) is 20.2. The van der Waals surface area contributed by atoms with Crippen molar-refractivity contribution in [3.8, 4) is 68.1 Å². The molecule has 61 heavy (non-hydrogen) atoms. The Morgan fingerprint density at radius 2 is 0.852 bits per heavy atom. The second-order valence-electron chi connectivity index (χ2n) is 15.5. The van der Waals surface area contributed by atoms with Crippen LogP contribution in [-0.4, -0.2) is 44.0 Å². The predicted molar refractivity (Wildman–Crippen MR) is 237 cm³/mol. The smallest absolute Gasteiger partial charge is 0.182 e. The van der Waals surface area contributed by atoms with Crippen LogP contribution in [0.25, 0.3) is 90.1 Å². The van der Waals surface area contributed by atoms with E-state index in [-0.39, 0.29) is 0 Å². The number of nitrogens with zero attached hydrogens (tertiary/aromatic N) is 9. The second kappa shape index (κ2) is 12.8. The molecular weight excluding hydrogens is 751 g/mol. The number of hydrogen-bond donors (Lipinski definition) is 0. The summed E-state index contributed by atoms with van der Waals surface area (Å²) in [5, 5.41) is 2.11. The topological polar surface area (TPSA) is 100 Å². The van der Waals surface area contributed by atoms with Gasteiger partial charge in [0, 0.05) is 41.1 Å². The van der Waals surface area contributed by atoms with Gasteiger partial charge in [-0.2, -0.15) is 0 Å². The number of benzene rings is 4. The Labute approximate surface area is 349 Å². The van der Waals surface area contributed by atoms with E-state index in [0.29, 0.717) is 28.9 Å². The lowest BCUT2D eigenvalue weighted by molar-refractivity contribution is 0.794. The summed E-state index contributed by atoms with van der Waals surface area (Å²) in [4.78, 5) is 34.4. The van der Waals surface area contributed by atoms with E-state index in [1.54, 1.807) is 12.4 Å². The highest BCUT2D eigenvalue weighted by Crippen LogP contribution is 2.63. The molecule has 9 nitrogen and oxygen atoms in total. The van der Waals surface area contributed by atoms with Crippen molar-refractivity contribution in [2.75, 3.05) is 0 Å². The minimum atomic E-state index is -0.502. The van der Waals surface area contributed by atoms with E-state index in [0.717, 1.165) is 39.0 Å². The molecule has 0 fully saturated rings. The highest BCUT2D eigenvalue weighted by molar-refractivity contribution is 5.95. The quantitative estimate of drug-likeness (QED) is 0.171. The Morgan fingerprint density at radius 3 is 1.34 bits per heavy atom. The van der Waals surface area contributed by atoms with Gasteiger partial charge in [-0.15, -0.1) is 0 Å². The van der Waals surface area contributed by atoms with E-state index in [2.05, 4.69) is 125 Å². The molecule has 0 N–H and O–H groups in total. The van der Waals surface area contributed by atoms with Gasteiger partial charge in [0.15, 0.2) is 17.5 Å². The second-order valence-corrected chi connectivity index (χ2v) is 15.5. The zero-order valence-electron chi connectivity index (χ0n) is 32.4. The Kier molecular flexibility index (Phi) is 7.03. The first kappa shape index (κ1) is 33.5. The fourth-order valence-corrected chi connectivity index (χ4v) is 9.64. The van der Waals surface area contributed by atoms with Crippen LogP contribution < -0.4 is 0 Å². The molecule has 0 saturated heterocycles. The molecule has 1 spiro atoms. The van der Waals surface area contributed by atoms with E-state index in [4.69, 9.17) is 24.9 Å². The van der Waals surface area contributed by atoms with Crippen molar-refractivity contribution >= 4 is 22.1 Å². The van der Waals surface area contributed by atoms with Crippen LogP contribution in [0.5, 0.6) is 0 Å². The molecule has 9 heteroatoms. The maximum atomic E-state index is 5.17. The van der Waals surface area contributed by atoms with Crippen molar-refractivity contribution in [2.24, 2.45) is 0 Å². The van der Waals surface area contributed by atoms with E-state index in [1.165, 1.54) is 44.5 Å². The first-order valence-corrected chi connectivity index (χ1v) is 20.2. The van der Waals surface area contributed by atoms with Crippen molar-refractivity contribution in [3.05, 3.63) is 211 Å². The third-order valence-corrected chi connectivity index (χ3v) is 12.3. The molecule has 11 aromatic rings. The normalized spacial score (nSPS) is 13.0.